The maximum Gasteiger partial charge on any atom is 0.129 e. The van der Waals surface area contributed by atoms with Gasteiger partial charge in [0, 0.05) is 63.8 Å². The summed E-state index contributed by atoms with van der Waals surface area (Å²) < 4.78 is 4.42. The van der Waals surface area contributed by atoms with Gasteiger partial charge in [-0.1, -0.05) is 62.8 Å². The molecule has 0 aliphatic rings. The number of amidine groups is 1. The van der Waals surface area contributed by atoms with Gasteiger partial charge >= 0.3 is 0 Å². The van der Waals surface area contributed by atoms with Crippen LogP contribution in [0.5, 0.6) is 0 Å². The van der Waals surface area contributed by atoms with Crippen molar-refractivity contribution in [1.82, 2.24) is 9.13 Å². The van der Waals surface area contributed by atoms with Gasteiger partial charge in [-0.15, -0.1) is 0 Å². The quantitative estimate of drug-likeness (QED) is 0.119. The van der Waals surface area contributed by atoms with E-state index >= 15 is 0 Å². The molecular formula is C34H33N5. The van der Waals surface area contributed by atoms with Crippen LogP contribution in [0.1, 0.15) is 18.2 Å². The summed E-state index contributed by atoms with van der Waals surface area (Å²) in [4.78, 5) is 4.33. The number of nitrogens with two attached hydrogens (primary N) is 1. The monoisotopic (exact) mass is 511 g/mol. The first-order valence-corrected chi connectivity index (χ1v) is 12.6. The summed E-state index contributed by atoms with van der Waals surface area (Å²) in [6.45, 7) is 18.4. The Morgan fingerprint density at radius 2 is 1.92 bits per heavy atom. The molecule has 2 aromatic heterocycles. The molecule has 0 saturated heterocycles. The van der Waals surface area contributed by atoms with Gasteiger partial charge in [0.05, 0.1) is 11.0 Å². The van der Waals surface area contributed by atoms with E-state index < -0.39 is 0 Å². The maximum absolute atomic E-state index is 7.11. The first-order chi connectivity index (χ1) is 19.0. The van der Waals surface area contributed by atoms with Gasteiger partial charge in [0.15, 0.2) is 0 Å². The number of fused-ring (bicyclic) bond motifs is 4. The predicted octanol–water partition coefficient (Wildman–Crippen LogP) is 8.27. The van der Waals surface area contributed by atoms with Gasteiger partial charge in [-0.3, -0.25) is 0 Å². The van der Waals surface area contributed by atoms with E-state index in [1.54, 1.807) is 24.4 Å². The summed E-state index contributed by atoms with van der Waals surface area (Å²) in [6.07, 6.45) is 21.8. The molecule has 0 aliphatic heterocycles. The summed E-state index contributed by atoms with van der Waals surface area (Å²) in [5, 5.41) is 11.7. The lowest BCUT2D eigenvalue weighted by Crippen LogP contribution is -2.12. The van der Waals surface area contributed by atoms with Gasteiger partial charge in [-0.25, -0.2) is 4.99 Å². The standard InChI is InChI=1S/C34H33N5/c1-6-12-27(8-3)38-21-17-26-22-30-25(23-32(26)38)15-16-29-28(9-4)31(13-7-2)39(33(29)30)20-11-19-37-34(36)24(5)14-10-18-35/h6-19,21-23,35H,1,3-5,20H2,2H3,(H2,36,37)/b13-7-,14-10-,19-11-,27-12+,35-18?. The lowest BCUT2D eigenvalue weighted by atomic mass is 10.0. The minimum atomic E-state index is 0.309. The number of nitrogens with one attached hydrogen (secondary N) is 1. The van der Waals surface area contributed by atoms with Gasteiger partial charge in [0.25, 0.3) is 0 Å². The molecule has 2 aromatic carbocycles. The second-order valence-corrected chi connectivity index (χ2v) is 8.87. The van der Waals surface area contributed by atoms with Crippen molar-refractivity contribution in [2.24, 2.45) is 10.7 Å². The van der Waals surface area contributed by atoms with Crippen molar-refractivity contribution in [2.75, 3.05) is 0 Å². The van der Waals surface area contributed by atoms with Crippen LogP contribution in [0, 0.1) is 5.41 Å². The fourth-order valence-corrected chi connectivity index (χ4v) is 4.80. The highest BCUT2D eigenvalue weighted by Gasteiger charge is 2.16. The fraction of sp³-hybridized carbons (Fsp3) is 0.0588. The summed E-state index contributed by atoms with van der Waals surface area (Å²) in [6, 6.07) is 10.9. The van der Waals surface area contributed by atoms with Gasteiger partial charge in [-0.2, -0.15) is 0 Å². The molecule has 39 heavy (non-hydrogen) atoms. The van der Waals surface area contributed by atoms with Crippen molar-refractivity contribution in [3.8, 4) is 0 Å². The van der Waals surface area contributed by atoms with E-state index in [4.69, 9.17) is 11.1 Å². The number of benzene rings is 2. The highest BCUT2D eigenvalue weighted by Crippen LogP contribution is 2.36. The van der Waals surface area contributed by atoms with E-state index in [0.29, 0.717) is 18.0 Å². The average molecular weight is 512 g/mol. The number of hydrogen-bond acceptors (Lipinski definition) is 2. The molecule has 0 unspecified atom stereocenters. The van der Waals surface area contributed by atoms with E-state index in [0.717, 1.165) is 49.5 Å². The lowest BCUT2D eigenvalue weighted by Gasteiger charge is -2.10. The maximum atomic E-state index is 7.11. The van der Waals surface area contributed by atoms with Crippen LogP contribution in [0.3, 0.4) is 0 Å². The minimum absolute atomic E-state index is 0.309. The Morgan fingerprint density at radius 3 is 2.62 bits per heavy atom. The predicted molar refractivity (Wildman–Crippen MR) is 172 cm³/mol. The molecule has 3 N–H and O–H groups in total. The van der Waals surface area contributed by atoms with E-state index in [1.165, 1.54) is 6.21 Å². The molecule has 5 nitrogen and oxygen atoms in total. The normalized spacial score (nSPS) is 12.9. The topological polar surface area (TPSA) is 72.1 Å². The average Bonchev–Trinajstić information content (AvgIpc) is 3.49. The molecule has 0 spiro atoms. The van der Waals surface area contributed by atoms with Crippen molar-refractivity contribution < 1.29 is 0 Å². The molecule has 0 amide bonds. The van der Waals surface area contributed by atoms with Gasteiger partial charge in [0.2, 0.25) is 0 Å². The van der Waals surface area contributed by atoms with Crippen molar-refractivity contribution >= 4 is 62.5 Å². The summed E-state index contributed by atoms with van der Waals surface area (Å²) in [5.41, 5.74) is 12.0. The number of aromatic nitrogens is 2. The molecule has 0 atom stereocenters. The van der Waals surface area contributed by atoms with Crippen molar-refractivity contribution in [1.29, 1.82) is 5.41 Å². The van der Waals surface area contributed by atoms with Crippen LogP contribution in [0.2, 0.25) is 0 Å². The number of aliphatic imine (C=N–C) groups is 1. The second-order valence-electron chi connectivity index (χ2n) is 8.87. The minimum Gasteiger partial charge on any atom is -0.383 e. The SMILES string of the molecule is C=C/C=C(\C=C)n1ccc2cc3c(ccc4c(C=C)c(/C=C\C)n(C/C=C\N=C(N)C(=C)/C=C\C=N)c43)cc21. The molecule has 2 heterocycles. The Bertz CT molecular complexity index is 1780. The summed E-state index contributed by atoms with van der Waals surface area (Å²) >= 11 is 0. The molecule has 5 heteroatoms. The second kappa shape index (κ2) is 11.9. The van der Waals surface area contributed by atoms with E-state index in [9.17, 15) is 0 Å². The van der Waals surface area contributed by atoms with E-state index in [-0.39, 0.29) is 0 Å². The molecule has 4 aromatic rings. The third-order valence-corrected chi connectivity index (χ3v) is 6.56. The number of rotatable bonds is 11. The fourth-order valence-electron chi connectivity index (χ4n) is 4.80. The molecular weight excluding hydrogens is 478 g/mol. The number of allylic oxidation sites excluding steroid dienone is 7. The zero-order chi connectivity index (χ0) is 27.9. The lowest BCUT2D eigenvalue weighted by molar-refractivity contribution is 0.853. The zero-order valence-electron chi connectivity index (χ0n) is 22.3. The van der Waals surface area contributed by atoms with Crippen LogP contribution in [0.15, 0.2) is 122 Å². The zero-order valence-corrected chi connectivity index (χ0v) is 22.3. The highest BCUT2D eigenvalue weighted by molar-refractivity contribution is 6.14. The Labute approximate surface area is 229 Å². The van der Waals surface area contributed by atoms with Crippen LogP contribution in [-0.2, 0) is 6.54 Å². The largest absolute Gasteiger partial charge is 0.383 e. The van der Waals surface area contributed by atoms with Crippen molar-refractivity contribution in [2.45, 2.75) is 13.5 Å². The third kappa shape index (κ3) is 5.15. The van der Waals surface area contributed by atoms with Crippen molar-refractivity contribution in [3.05, 3.63) is 128 Å². The van der Waals surface area contributed by atoms with Gasteiger partial charge in [0.1, 0.15) is 5.84 Å². The first kappa shape index (κ1) is 26.9. The molecule has 0 bridgehead atoms. The molecule has 0 saturated carbocycles. The van der Waals surface area contributed by atoms with Crippen LogP contribution in [0.25, 0.3) is 50.4 Å². The Kier molecular flexibility index (Phi) is 8.22. The van der Waals surface area contributed by atoms with Crippen LogP contribution in [-0.4, -0.2) is 21.2 Å². The summed E-state index contributed by atoms with van der Waals surface area (Å²) in [7, 11) is 0. The molecule has 0 radical (unpaired) electrons. The first-order valence-electron chi connectivity index (χ1n) is 12.6. The highest BCUT2D eigenvalue weighted by atomic mass is 15.0. The van der Waals surface area contributed by atoms with E-state index in [2.05, 4.69) is 83.0 Å². The van der Waals surface area contributed by atoms with Crippen LogP contribution in [0.4, 0.5) is 0 Å². The Balaban J connectivity index is 1.90. The van der Waals surface area contributed by atoms with Crippen LogP contribution >= 0.6 is 0 Å². The number of hydrogen-bond donors (Lipinski definition) is 2. The van der Waals surface area contributed by atoms with Crippen LogP contribution < -0.4 is 5.73 Å². The molecule has 0 aliphatic carbocycles. The molecule has 0 fully saturated rings. The van der Waals surface area contributed by atoms with Gasteiger partial charge < -0.3 is 20.3 Å². The Morgan fingerprint density at radius 1 is 1.10 bits per heavy atom. The summed E-state index contributed by atoms with van der Waals surface area (Å²) in [5.74, 6) is 0.309. The van der Waals surface area contributed by atoms with Gasteiger partial charge in [-0.05, 0) is 60.9 Å². The molecule has 4 rings (SSSR count). The van der Waals surface area contributed by atoms with E-state index in [1.807, 2.05) is 37.3 Å². The van der Waals surface area contributed by atoms with Crippen molar-refractivity contribution in [3.63, 3.8) is 0 Å². The molecule has 194 valence electrons. The number of nitrogens with zero attached hydrogens (tertiary/aromatic N) is 3. The third-order valence-electron chi connectivity index (χ3n) is 6.56. The smallest absolute Gasteiger partial charge is 0.129 e. The Hall–Kier alpha value is -5.16.